The van der Waals surface area contributed by atoms with Crippen LogP contribution in [0.2, 0.25) is 0 Å². The van der Waals surface area contributed by atoms with Crippen LogP contribution in [0.15, 0.2) is 47.1 Å². The monoisotopic (exact) mass is 491 g/mol. The highest BCUT2D eigenvalue weighted by Crippen LogP contribution is 2.50. The number of aromatic nitrogens is 1. The summed E-state index contributed by atoms with van der Waals surface area (Å²) in [5, 5.41) is 0. The number of phosphoric acid groups is 1. The van der Waals surface area contributed by atoms with Gasteiger partial charge in [-0.25, -0.2) is 9.36 Å². The molecule has 2 aromatic heterocycles. The van der Waals surface area contributed by atoms with Gasteiger partial charge < -0.3 is 18.7 Å². The number of rotatable bonds is 14. The number of para-hydroxylation sites is 1. The van der Waals surface area contributed by atoms with Crippen molar-refractivity contribution in [3.63, 3.8) is 0 Å². The minimum absolute atomic E-state index is 0.0827. The molecule has 10 heteroatoms. The molecule has 2 heterocycles. The zero-order valence-electron chi connectivity index (χ0n) is 19.4. The molecule has 34 heavy (non-hydrogen) atoms. The van der Waals surface area contributed by atoms with Crippen molar-refractivity contribution < 1.29 is 36.9 Å². The predicted octanol–water partition coefficient (Wildman–Crippen LogP) is 6.20. The zero-order valence-corrected chi connectivity index (χ0v) is 20.3. The summed E-state index contributed by atoms with van der Waals surface area (Å²) in [6, 6.07) is 10.0. The standard InChI is InChI=1S/C24H30NO8P/c1-3-5-14-30-34(28,31-15-6-4-2)33-21-10-8-7-9-18(21)11-12-23(26)32-24(27)20-17-22-19(25-20)13-16-29-22/h7-10,13,16-17,25H,3-6,11-12,14-15H2,1-2H3. The Bertz CT molecular complexity index is 1090. The van der Waals surface area contributed by atoms with Crippen molar-refractivity contribution in [2.45, 2.75) is 52.4 Å². The first-order chi connectivity index (χ1) is 16.4. The van der Waals surface area contributed by atoms with Crippen LogP contribution >= 0.6 is 7.82 Å². The third kappa shape index (κ3) is 7.32. The second kappa shape index (κ2) is 12.6. The van der Waals surface area contributed by atoms with Gasteiger partial charge >= 0.3 is 19.8 Å². The maximum absolute atomic E-state index is 13.2. The van der Waals surface area contributed by atoms with Crippen LogP contribution in [0.5, 0.6) is 5.75 Å². The molecule has 0 radical (unpaired) electrons. The van der Waals surface area contributed by atoms with Gasteiger partial charge in [0.2, 0.25) is 0 Å². The van der Waals surface area contributed by atoms with Crippen molar-refractivity contribution in [1.29, 1.82) is 0 Å². The normalized spacial score (nSPS) is 11.6. The predicted molar refractivity (Wildman–Crippen MR) is 126 cm³/mol. The molecule has 9 nitrogen and oxygen atoms in total. The fourth-order valence-electron chi connectivity index (χ4n) is 3.06. The van der Waals surface area contributed by atoms with Gasteiger partial charge in [0.1, 0.15) is 11.4 Å². The molecular weight excluding hydrogens is 461 g/mol. The Kier molecular flexibility index (Phi) is 9.51. The number of H-pyrrole nitrogens is 1. The average Bonchev–Trinajstić information content (AvgIpc) is 3.42. The van der Waals surface area contributed by atoms with E-state index in [0.717, 1.165) is 25.7 Å². The molecule has 3 rings (SSSR count). The molecule has 0 aliphatic rings. The number of nitrogens with one attached hydrogen (secondary N) is 1. The van der Waals surface area contributed by atoms with Gasteiger partial charge in [-0.3, -0.25) is 13.8 Å². The highest BCUT2D eigenvalue weighted by Gasteiger charge is 2.29. The fourth-order valence-corrected chi connectivity index (χ4v) is 4.36. The Hall–Kier alpha value is -2.87. The summed E-state index contributed by atoms with van der Waals surface area (Å²) in [6.07, 6.45) is 4.81. The summed E-state index contributed by atoms with van der Waals surface area (Å²) in [5.41, 5.74) is 1.87. The molecule has 1 aromatic carbocycles. The summed E-state index contributed by atoms with van der Waals surface area (Å²) in [6.45, 7) is 4.50. The highest BCUT2D eigenvalue weighted by atomic mass is 31.2. The summed E-state index contributed by atoms with van der Waals surface area (Å²) in [7, 11) is -3.83. The Balaban J connectivity index is 1.60. The molecule has 0 atom stereocenters. The Labute approximate surface area is 198 Å². The molecule has 0 saturated heterocycles. The van der Waals surface area contributed by atoms with Crippen molar-refractivity contribution in [3.05, 3.63) is 53.9 Å². The quantitative estimate of drug-likeness (QED) is 0.123. The van der Waals surface area contributed by atoms with Gasteiger partial charge in [0.25, 0.3) is 0 Å². The number of carbonyl (C=O) groups is 2. The third-order valence-electron chi connectivity index (χ3n) is 4.94. The molecule has 1 N–H and O–H groups in total. The number of benzene rings is 1. The molecule has 0 aliphatic heterocycles. The van der Waals surface area contributed by atoms with Gasteiger partial charge in [0.15, 0.2) is 5.58 Å². The molecule has 0 unspecified atom stereocenters. The molecule has 0 fully saturated rings. The Morgan fingerprint density at radius 2 is 1.74 bits per heavy atom. The molecule has 0 bridgehead atoms. The van der Waals surface area contributed by atoms with Crippen molar-refractivity contribution >= 4 is 30.9 Å². The van der Waals surface area contributed by atoms with Crippen LogP contribution in [0.3, 0.4) is 0 Å². The second-order valence-corrected chi connectivity index (χ2v) is 9.26. The van der Waals surface area contributed by atoms with E-state index in [2.05, 4.69) is 4.98 Å². The molecule has 0 aliphatic carbocycles. The molecular formula is C24H30NO8P. The van der Waals surface area contributed by atoms with Crippen molar-refractivity contribution in [2.75, 3.05) is 13.2 Å². The number of fused-ring (bicyclic) bond motifs is 1. The van der Waals surface area contributed by atoms with Gasteiger partial charge in [0, 0.05) is 12.1 Å². The zero-order chi connectivity index (χ0) is 24.4. The lowest BCUT2D eigenvalue weighted by Gasteiger charge is -2.20. The van der Waals surface area contributed by atoms with Crippen molar-refractivity contribution in [2.24, 2.45) is 0 Å². The first-order valence-corrected chi connectivity index (χ1v) is 12.9. The SMILES string of the molecule is CCCCOP(=O)(OCCCC)Oc1ccccc1CCC(=O)OC(=O)c1cc2occc2[nH]1. The van der Waals surface area contributed by atoms with E-state index in [1.54, 1.807) is 30.3 Å². The fraction of sp³-hybridized carbons (Fsp3) is 0.417. The number of hydrogen-bond acceptors (Lipinski definition) is 8. The van der Waals surface area contributed by atoms with Gasteiger partial charge in [-0.2, -0.15) is 0 Å². The number of unbranched alkanes of at least 4 members (excludes halogenated alkanes) is 2. The number of furan rings is 1. The maximum Gasteiger partial charge on any atom is 0.530 e. The van der Waals surface area contributed by atoms with E-state index in [1.807, 2.05) is 13.8 Å². The number of esters is 2. The molecule has 0 saturated carbocycles. The first-order valence-electron chi connectivity index (χ1n) is 11.4. The van der Waals surface area contributed by atoms with Crippen LogP contribution in [0.1, 0.15) is 62.0 Å². The number of ether oxygens (including phenoxy) is 1. The van der Waals surface area contributed by atoms with Gasteiger partial charge in [-0.05, 0) is 30.9 Å². The number of phosphoric ester groups is 1. The molecule has 3 aromatic rings. The summed E-state index contributed by atoms with van der Waals surface area (Å²) < 4.78 is 40.0. The summed E-state index contributed by atoms with van der Waals surface area (Å²) >= 11 is 0. The lowest BCUT2D eigenvalue weighted by molar-refractivity contribution is -0.137. The Morgan fingerprint density at radius 3 is 2.41 bits per heavy atom. The van der Waals surface area contributed by atoms with E-state index in [1.165, 1.54) is 12.3 Å². The van der Waals surface area contributed by atoms with E-state index in [9.17, 15) is 14.2 Å². The summed E-state index contributed by atoms with van der Waals surface area (Å²) in [5.74, 6) is -1.20. The van der Waals surface area contributed by atoms with Gasteiger partial charge in [-0.15, -0.1) is 0 Å². The lowest BCUT2D eigenvalue weighted by atomic mass is 10.1. The molecule has 184 valence electrons. The van der Waals surface area contributed by atoms with Crippen LogP contribution in [0.4, 0.5) is 0 Å². The van der Waals surface area contributed by atoms with E-state index in [4.69, 9.17) is 22.7 Å². The largest absolute Gasteiger partial charge is 0.530 e. The highest BCUT2D eigenvalue weighted by molar-refractivity contribution is 7.48. The number of hydrogen-bond donors (Lipinski definition) is 1. The summed E-state index contributed by atoms with van der Waals surface area (Å²) in [4.78, 5) is 27.3. The number of aromatic amines is 1. The number of carbonyl (C=O) groups excluding carboxylic acids is 2. The van der Waals surface area contributed by atoms with E-state index < -0.39 is 19.8 Å². The van der Waals surface area contributed by atoms with Gasteiger partial charge in [0.05, 0.1) is 31.4 Å². The minimum atomic E-state index is -3.83. The van der Waals surface area contributed by atoms with Crippen molar-refractivity contribution in [1.82, 2.24) is 4.98 Å². The molecule has 0 amide bonds. The van der Waals surface area contributed by atoms with E-state index in [-0.39, 0.29) is 31.7 Å². The third-order valence-corrected chi connectivity index (χ3v) is 6.36. The van der Waals surface area contributed by atoms with Crippen molar-refractivity contribution in [3.8, 4) is 5.75 Å². The maximum atomic E-state index is 13.2. The second-order valence-electron chi connectivity index (χ2n) is 7.66. The minimum Gasteiger partial charge on any atom is -0.463 e. The smallest absolute Gasteiger partial charge is 0.463 e. The first kappa shape index (κ1) is 25.7. The van der Waals surface area contributed by atoms with Gasteiger partial charge in [-0.1, -0.05) is 44.9 Å². The van der Waals surface area contributed by atoms with Crippen LogP contribution in [-0.2, 0) is 29.6 Å². The Morgan fingerprint density at radius 1 is 1.03 bits per heavy atom. The van der Waals surface area contributed by atoms with Crippen LogP contribution in [0.25, 0.3) is 11.1 Å². The average molecular weight is 491 g/mol. The number of aryl methyl sites for hydroxylation is 1. The van der Waals surface area contributed by atoms with E-state index >= 15 is 0 Å². The van der Waals surface area contributed by atoms with Crippen LogP contribution in [0, 0.1) is 0 Å². The van der Waals surface area contributed by atoms with Crippen LogP contribution in [-0.4, -0.2) is 30.1 Å². The lowest BCUT2D eigenvalue weighted by Crippen LogP contribution is -2.13. The molecule has 0 spiro atoms. The topological polar surface area (TPSA) is 117 Å². The van der Waals surface area contributed by atoms with Crippen LogP contribution < -0.4 is 4.52 Å². The van der Waals surface area contributed by atoms with E-state index in [0.29, 0.717) is 22.4 Å².